The molecule has 0 fully saturated rings. The molecular weight excluding hydrogens is 583 g/mol. The second-order valence-electron chi connectivity index (χ2n) is 6.83. The summed E-state index contributed by atoms with van der Waals surface area (Å²) in [5.41, 5.74) is 0. The molecule has 0 aliphatic heterocycles. The summed E-state index contributed by atoms with van der Waals surface area (Å²) in [5.74, 6) is 0. The Morgan fingerprint density at radius 3 is 0.703 bits per heavy atom. The third kappa shape index (κ3) is 13.5. The van der Waals surface area contributed by atoms with Crippen molar-refractivity contribution >= 4 is 57.4 Å². The van der Waals surface area contributed by atoms with Gasteiger partial charge in [0.1, 0.15) is 20.4 Å². The second kappa shape index (κ2) is 25.0. The van der Waals surface area contributed by atoms with E-state index in [0.717, 1.165) is 0 Å². The Morgan fingerprint density at radius 2 is 0.568 bits per heavy atom. The van der Waals surface area contributed by atoms with Gasteiger partial charge in [0.05, 0.1) is 0 Å². The molecule has 4 aromatic carbocycles. The summed E-state index contributed by atoms with van der Waals surface area (Å²) in [7, 11) is -0.297. The van der Waals surface area contributed by atoms with Gasteiger partial charge in [-0.2, -0.15) is 0 Å². The zero-order valence-electron chi connectivity index (χ0n) is 21.6. The zero-order chi connectivity index (χ0) is 27.0. The molecule has 0 saturated heterocycles. The van der Waals surface area contributed by atoms with Gasteiger partial charge in [0, 0.05) is 19.5 Å². The molecule has 0 aromatic heterocycles. The number of hydrogen-bond donors (Lipinski definition) is 0. The van der Waals surface area contributed by atoms with E-state index in [1.165, 1.54) is 33.5 Å². The average molecular weight is 620 g/mol. The first-order valence-electron chi connectivity index (χ1n) is 11.4. The standard InChI is InChI=1S/2C14H15P.3CH2O.Ru/c2*1-2-15(13-9-5-3-6-10-13)14-11-7-4-8-12-14;3*1-2;/h2*3-12H,2H2,1H3;3*1H2;. The van der Waals surface area contributed by atoms with Crippen LogP contribution in [0.3, 0.4) is 0 Å². The molecule has 0 spiro atoms. The summed E-state index contributed by atoms with van der Waals surface area (Å²) in [6, 6.07) is 43.3. The van der Waals surface area contributed by atoms with Crippen LogP contribution in [0.15, 0.2) is 121 Å². The predicted molar refractivity (Wildman–Crippen MR) is 161 cm³/mol. The molecule has 0 radical (unpaired) electrons. The van der Waals surface area contributed by atoms with Crippen molar-refractivity contribution in [1.29, 1.82) is 0 Å². The van der Waals surface area contributed by atoms with Crippen LogP contribution in [0.4, 0.5) is 0 Å². The largest absolute Gasteiger partial charge is 0.307 e. The Hall–Kier alpha value is -2.63. The number of hydrogen-bond acceptors (Lipinski definition) is 3. The molecule has 6 heteroatoms. The van der Waals surface area contributed by atoms with Crippen LogP contribution in [0.5, 0.6) is 0 Å². The van der Waals surface area contributed by atoms with Gasteiger partial charge in [-0.1, -0.05) is 135 Å². The Balaban J connectivity index is 0. The van der Waals surface area contributed by atoms with E-state index in [9.17, 15) is 0 Å². The molecule has 0 atom stereocenters. The Morgan fingerprint density at radius 1 is 0.405 bits per heavy atom. The van der Waals surface area contributed by atoms with Gasteiger partial charge in [-0.15, -0.1) is 0 Å². The number of carbonyl (C=O) groups is 3. The van der Waals surface area contributed by atoms with E-state index < -0.39 is 0 Å². The molecule has 0 aliphatic rings. The van der Waals surface area contributed by atoms with Crippen LogP contribution in [0, 0.1) is 0 Å². The fraction of sp³-hybridized carbons (Fsp3) is 0.129. The van der Waals surface area contributed by atoms with Crippen molar-refractivity contribution in [2.45, 2.75) is 13.8 Å². The normalized spacial score (nSPS) is 8.86. The summed E-state index contributed by atoms with van der Waals surface area (Å²) in [6.45, 7) is 10.5. The predicted octanol–water partition coefficient (Wildman–Crippen LogP) is 5.72. The van der Waals surface area contributed by atoms with E-state index in [1.807, 2.05) is 20.4 Å². The van der Waals surface area contributed by atoms with Gasteiger partial charge in [0.2, 0.25) is 0 Å². The first-order valence-corrected chi connectivity index (χ1v) is 14.5. The van der Waals surface area contributed by atoms with Gasteiger partial charge in [0.25, 0.3) is 0 Å². The third-order valence-electron chi connectivity index (χ3n) is 4.90. The maximum Gasteiger partial charge on any atom is 0.106 e. The maximum absolute atomic E-state index is 8.00. The summed E-state index contributed by atoms with van der Waals surface area (Å²) in [4.78, 5) is 24.0. The molecule has 0 amide bonds. The molecule has 196 valence electrons. The first kappa shape index (κ1) is 36.5. The average Bonchev–Trinajstić information content (AvgIpc) is 3.00. The van der Waals surface area contributed by atoms with Gasteiger partial charge in [-0.3, -0.25) is 0 Å². The minimum absolute atomic E-state index is 0. The summed E-state index contributed by atoms with van der Waals surface area (Å²) in [6.07, 6.45) is 2.42. The quantitative estimate of drug-likeness (QED) is 0.205. The van der Waals surface area contributed by atoms with Crippen molar-refractivity contribution in [2.24, 2.45) is 0 Å². The monoisotopic (exact) mass is 620 g/mol. The summed E-state index contributed by atoms with van der Waals surface area (Å²) < 4.78 is 0. The first-order chi connectivity index (χ1) is 17.8. The number of carbonyl (C=O) groups excluding carboxylic acids is 3. The number of benzene rings is 4. The van der Waals surface area contributed by atoms with Crippen LogP contribution in [-0.4, -0.2) is 32.7 Å². The van der Waals surface area contributed by atoms with Crippen LogP contribution in [0.2, 0.25) is 0 Å². The van der Waals surface area contributed by atoms with Crippen molar-refractivity contribution in [2.75, 3.05) is 12.3 Å². The molecular formula is C31H36O3P2Ru. The summed E-state index contributed by atoms with van der Waals surface area (Å²) in [5, 5.41) is 5.89. The van der Waals surface area contributed by atoms with E-state index >= 15 is 0 Å². The summed E-state index contributed by atoms with van der Waals surface area (Å²) >= 11 is 0. The van der Waals surface area contributed by atoms with Crippen molar-refractivity contribution in [3.8, 4) is 0 Å². The Kier molecular flexibility index (Phi) is 24.7. The van der Waals surface area contributed by atoms with Crippen molar-refractivity contribution in [1.82, 2.24) is 0 Å². The minimum atomic E-state index is -0.149. The Bertz CT molecular complexity index is 857. The van der Waals surface area contributed by atoms with E-state index in [1.54, 1.807) is 0 Å². The molecule has 0 bridgehead atoms. The van der Waals surface area contributed by atoms with Gasteiger partial charge in [-0.05, 0) is 49.4 Å². The molecule has 0 unspecified atom stereocenters. The minimum Gasteiger partial charge on any atom is -0.307 e. The fourth-order valence-electron chi connectivity index (χ4n) is 3.46. The van der Waals surface area contributed by atoms with Crippen molar-refractivity contribution in [3.63, 3.8) is 0 Å². The van der Waals surface area contributed by atoms with Gasteiger partial charge in [-0.25, -0.2) is 0 Å². The maximum atomic E-state index is 8.00. The van der Waals surface area contributed by atoms with Crippen molar-refractivity contribution in [3.05, 3.63) is 121 Å². The van der Waals surface area contributed by atoms with E-state index in [2.05, 4.69) is 135 Å². The molecule has 0 saturated carbocycles. The van der Waals surface area contributed by atoms with Crippen LogP contribution < -0.4 is 21.2 Å². The van der Waals surface area contributed by atoms with E-state index in [-0.39, 0.29) is 35.3 Å². The topological polar surface area (TPSA) is 51.2 Å². The second-order valence-corrected chi connectivity index (χ2v) is 11.9. The third-order valence-corrected chi connectivity index (χ3v) is 9.85. The zero-order valence-corrected chi connectivity index (χ0v) is 25.1. The molecule has 37 heavy (non-hydrogen) atoms. The Labute approximate surface area is 238 Å². The van der Waals surface area contributed by atoms with Crippen LogP contribution >= 0.6 is 15.8 Å². The molecule has 0 N–H and O–H groups in total. The molecule has 3 nitrogen and oxygen atoms in total. The molecule has 0 heterocycles. The molecule has 4 rings (SSSR count). The molecule has 4 aromatic rings. The van der Waals surface area contributed by atoms with Crippen LogP contribution in [-0.2, 0) is 33.9 Å². The van der Waals surface area contributed by atoms with Gasteiger partial charge < -0.3 is 14.4 Å². The van der Waals surface area contributed by atoms with Gasteiger partial charge in [0.15, 0.2) is 0 Å². The van der Waals surface area contributed by atoms with E-state index in [4.69, 9.17) is 14.4 Å². The SMILES string of the molecule is C=O.C=O.C=O.CCP(c1ccccc1)c1ccccc1.CCP(c1ccccc1)c1ccccc1.[Ru]. The van der Waals surface area contributed by atoms with E-state index in [0.29, 0.717) is 0 Å². The van der Waals surface area contributed by atoms with Crippen molar-refractivity contribution < 1.29 is 33.9 Å². The van der Waals surface area contributed by atoms with Gasteiger partial charge >= 0.3 is 0 Å². The smallest absolute Gasteiger partial charge is 0.106 e. The fourth-order valence-corrected chi connectivity index (χ4v) is 7.65. The number of rotatable bonds is 6. The molecule has 0 aliphatic carbocycles. The van der Waals surface area contributed by atoms with Crippen LogP contribution in [0.1, 0.15) is 13.8 Å². The van der Waals surface area contributed by atoms with Crippen LogP contribution in [0.25, 0.3) is 0 Å².